The van der Waals surface area contributed by atoms with E-state index < -0.39 is 97.5 Å². The molecule has 0 spiro atoms. The molecule has 0 heterocycles. The lowest BCUT2D eigenvalue weighted by Gasteiger charge is -2.21. The zero-order valence-electron chi connectivity index (χ0n) is 66.2. The third-order valence-corrected chi connectivity index (χ3v) is 17.4. The molecule has 0 aromatic heterocycles. The first kappa shape index (κ1) is 101. The van der Waals surface area contributed by atoms with Gasteiger partial charge in [0.2, 0.25) is 0 Å². The fourth-order valence-electron chi connectivity index (χ4n) is 9.54. The first-order valence-corrected chi connectivity index (χ1v) is 43.0. The number of aliphatic hydroxyl groups is 1. The van der Waals surface area contributed by atoms with Crippen LogP contribution < -0.4 is 0 Å². The second-order valence-corrected chi connectivity index (χ2v) is 28.4. The van der Waals surface area contributed by atoms with Gasteiger partial charge in [0, 0.05) is 19.3 Å². The Kier molecular flexibility index (Phi) is 73.7. The number of carbonyl (C=O) groups excluding carboxylic acids is 4. The van der Waals surface area contributed by atoms with Gasteiger partial charge in [0.1, 0.15) is 19.3 Å². The van der Waals surface area contributed by atoms with Crippen LogP contribution in [0.4, 0.5) is 0 Å². The maximum Gasteiger partial charge on any atom is 0.472 e. The molecule has 3 N–H and O–H groups in total. The molecule has 0 saturated heterocycles. The summed E-state index contributed by atoms with van der Waals surface area (Å²) < 4.78 is 68.4. The van der Waals surface area contributed by atoms with Crippen molar-refractivity contribution in [3.8, 4) is 0 Å². The van der Waals surface area contributed by atoms with Crippen molar-refractivity contribution in [2.75, 3.05) is 39.6 Å². The number of allylic oxidation sites excluding steroid dienone is 35. The van der Waals surface area contributed by atoms with Crippen LogP contribution in [0.15, 0.2) is 219 Å². The molecule has 108 heavy (non-hydrogen) atoms. The fraction of sp³-hybridized carbons (Fsp3) is 0.551. The normalized spacial score (nSPS) is 15.0. The minimum absolute atomic E-state index is 0.0549. The van der Waals surface area contributed by atoms with Gasteiger partial charge in [0.15, 0.2) is 12.2 Å². The van der Waals surface area contributed by atoms with Gasteiger partial charge in [-0.15, -0.1) is 0 Å². The van der Waals surface area contributed by atoms with Gasteiger partial charge in [-0.3, -0.25) is 37.3 Å². The van der Waals surface area contributed by atoms with Crippen molar-refractivity contribution >= 4 is 39.5 Å². The Balaban J connectivity index is 5.53. The summed E-state index contributed by atoms with van der Waals surface area (Å²) in [5.41, 5.74) is 0. The molecule has 17 nitrogen and oxygen atoms in total. The second-order valence-electron chi connectivity index (χ2n) is 25.5. The SMILES string of the molecule is CC/C=C\C/C=C\C/C=C\C/C=C\C/C=C\CCCCCC(=O)OCC(COP(=O)(O)OCC(O)COP(=O)(O)OCC(COC(=O)CCCCC/C=C\C/C=C\C/C=C\C/C=C\C/C=C\CC)OC(=O)CCCCCCC/C=C\C/C=C\C/C=C\CC)OC(=O)C/C=C\C/C=C\C/C=C\C/C=C\C/C=C\CC. The lowest BCUT2D eigenvalue weighted by atomic mass is 10.1. The van der Waals surface area contributed by atoms with Crippen LogP contribution in [-0.2, 0) is 65.4 Å². The molecule has 5 atom stereocenters. The van der Waals surface area contributed by atoms with Crippen molar-refractivity contribution in [1.29, 1.82) is 0 Å². The molecule has 0 aliphatic carbocycles. The van der Waals surface area contributed by atoms with E-state index in [1.165, 1.54) is 0 Å². The molecule has 5 unspecified atom stereocenters. The summed E-state index contributed by atoms with van der Waals surface area (Å²) in [6.45, 7) is 4.17. The van der Waals surface area contributed by atoms with Crippen molar-refractivity contribution in [3.05, 3.63) is 219 Å². The van der Waals surface area contributed by atoms with Crippen molar-refractivity contribution in [2.24, 2.45) is 0 Å². The number of phosphoric acid groups is 2. The zero-order chi connectivity index (χ0) is 78.9. The van der Waals surface area contributed by atoms with Crippen molar-refractivity contribution in [3.63, 3.8) is 0 Å². The molecule has 0 aliphatic heterocycles. The number of ether oxygens (including phenoxy) is 4. The van der Waals surface area contributed by atoms with E-state index in [2.05, 4.69) is 222 Å². The third kappa shape index (κ3) is 77.5. The minimum atomic E-state index is -5.03. The summed E-state index contributed by atoms with van der Waals surface area (Å²) in [5.74, 6) is -2.45. The molecule has 0 radical (unpaired) electrons. The first-order valence-electron chi connectivity index (χ1n) is 40.0. The van der Waals surface area contributed by atoms with Gasteiger partial charge in [0.05, 0.1) is 32.8 Å². The number of hydrogen-bond acceptors (Lipinski definition) is 15. The van der Waals surface area contributed by atoms with Crippen LogP contribution >= 0.6 is 15.6 Å². The summed E-state index contributed by atoms with van der Waals surface area (Å²) in [4.78, 5) is 73.0. The van der Waals surface area contributed by atoms with E-state index in [9.17, 15) is 43.2 Å². The Hall–Kier alpha value is -6.62. The van der Waals surface area contributed by atoms with Gasteiger partial charge in [-0.05, 0) is 173 Å². The Morgan fingerprint density at radius 3 is 0.787 bits per heavy atom. The first-order chi connectivity index (χ1) is 52.7. The average molecular weight is 1540 g/mol. The Morgan fingerprint density at radius 1 is 0.269 bits per heavy atom. The highest BCUT2D eigenvalue weighted by atomic mass is 31.2. The highest BCUT2D eigenvalue weighted by molar-refractivity contribution is 7.47. The largest absolute Gasteiger partial charge is 0.472 e. The average Bonchev–Trinajstić information content (AvgIpc) is 0.923. The van der Waals surface area contributed by atoms with Gasteiger partial charge in [0.25, 0.3) is 0 Å². The number of rotatable bonds is 72. The molecule has 19 heteroatoms. The molecule has 0 fully saturated rings. The number of esters is 4. The molecule has 0 aromatic rings. The van der Waals surface area contributed by atoms with E-state index in [1.807, 2.05) is 12.2 Å². The molecule has 0 aliphatic rings. The van der Waals surface area contributed by atoms with Crippen LogP contribution in [0.2, 0.25) is 0 Å². The molecular weight excluding hydrogens is 1400 g/mol. The van der Waals surface area contributed by atoms with Gasteiger partial charge in [-0.2, -0.15) is 0 Å². The smallest absolute Gasteiger partial charge is 0.462 e. The fourth-order valence-corrected chi connectivity index (χ4v) is 11.1. The van der Waals surface area contributed by atoms with E-state index in [4.69, 9.17) is 37.0 Å². The van der Waals surface area contributed by atoms with Gasteiger partial charge < -0.3 is 33.8 Å². The quantitative estimate of drug-likeness (QED) is 0.0169. The van der Waals surface area contributed by atoms with Crippen molar-refractivity contribution in [1.82, 2.24) is 0 Å². The van der Waals surface area contributed by atoms with E-state index in [0.717, 1.165) is 180 Å². The van der Waals surface area contributed by atoms with Crippen LogP contribution in [0.3, 0.4) is 0 Å². The summed E-state index contributed by atoms with van der Waals surface area (Å²) >= 11 is 0. The minimum Gasteiger partial charge on any atom is -0.462 e. The summed E-state index contributed by atoms with van der Waals surface area (Å²) in [6, 6.07) is 0. The van der Waals surface area contributed by atoms with E-state index >= 15 is 0 Å². The highest BCUT2D eigenvalue weighted by Gasteiger charge is 2.30. The van der Waals surface area contributed by atoms with Crippen LogP contribution in [-0.4, -0.2) is 96.7 Å². The zero-order valence-corrected chi connectivity index (χ0v) is 68.0. The third-order valence-electron chi connectivity index (χ3n) is 15.5. The molecular formula is C89H138O17P2. The van der Waals surface area contributed by atoms with Crippen LogP contribution in [0, 0.1) is 0 Å². The predicted molar refractivity (Wildman–Crippen MR) is 445 cm³/mol. The van der Waals surface area contributed by atoms with Crippen LogP contribution in [0.1, 0.15) is 259 Å². The molecule has 0 bridgehead atoms. The Labute approximate surface area is 651 Å². The molecule has 0 saturated carbocycles. The molecule has 606 valence electrons. The Morgan fingerprint density at radius 2 is 0.491 bits per heavy atom. The van der Waals surface area contributed by atoms with Gasteiger partial charge in [-0.25, -0.2) is 9.13 Å². The lowest BCUT2D eigenvalue weighted by Crippen LogP contribution is -2.30. The predicted octanol–water partition coefficient (Wildman–Crippen LogP) is 23.7. The maximum atomic E-state index is 13.1. The molecule has 0 amide bonds. The maximum absolute atomic E-state index is 13.1. The van der Waals surface area contributed by atoms with Gasteiger partial charge >= 0.3 is 39.5 Å². The highest BCUT2D eigenvalue weighted by Crippen LogP contribution is 2.45. The number of hydrogen-bond donors (Lipinski definition) is 3. The van der Waals surface area contributed by atoms with Crippen molar-refractivity contribution < 1.29 is 80.2 Å². The number of phosphoric ester groups is 2. The summed E-state index contributed by atoms with van der Waals surface area (Å²) in [7, 11) is -10.0. The summed E-state index contributed by atoms with van der Waals surface area (Å²) in [6.07, 6.45) is 99.5. The number of aliphatic hydroxyl groups excluding tert-OH is 1. The Bertz CT molecular complexity index is 2910. The molecule has 0 aromatic carbocycles. The van der Waals surface area contributed by atoms with Gasteiger partial charge in [-0.1, -0.05) is 279 Å². The van der Waals surface area contributed by atoms with Crippen molar-refractivity contribution in [2.45, 2.75) is 277 Å². The standard InChI is InChI=1S/C89H138O17P2/c1-5-9-13-17-21-25-29-33-37-39-41-43-47-49-53-57-61-65-69-73-86(91)99-79-84(105-88(93)75-71-67-63-59-55-51-45-35-31-27-23-19-15-11-7-3)81-103-107(95,96)101-77-83(90)78-102-108(97,98)104-82-85(106-89(94)76-72-68-64-60-56-52-46-36-32-28-24-20-16-12-8-4)80-100-87(92)74-70-66-62-58-54-50-48-44-42-40-38-34-30-26-22-18-14-10-6-2/h9-16,21-28,33-38,41-46,49-50,53-55,59,67,71,83-85,90H,5-8,17-20,29-32,39-40,47-48,51-52,56-58,60-66,68-70,72-82H2,1-4H3,(H,95,96)(H,97,98)/b13-9-,14-10-,15-11-,16-12-,25-21-,26-22-,27-23-,28-24-,37-33-,38-34-,43-41-,44-42-,45-35-,46-36-,53-49-,54-50-,59-55-,71-67-. The number of carbonyl (C=O) groups is 4. The van der Waals surface area contributed by atoms with E-state index in [1.54, 1.807) is 12.2 Å². The van der Waals surface area contributed by atoms with E-state index in [-0.39, 0.29) is 25.7 Å². The van der Waals surface area contributed by atoms with E-state index in [0.29, 0.717) is 25.7 Å². The van der Waals surface area contributed by atoms with Crippen LogP contribution in [0.5, 0.6) is 0 Å². The summed E-state index contributed by atoms with van der Waals surface area (Å²) in [5, 5.41) is 10.6. The second kappa shape index (κ2) is 78.5. The lowest BCUT2D eigenvalue weighted by molar-refractivity contribution is -0.161. The number of unbranched alkanes of at least 4 members (excludes halogenated alkanes) is 11. The molecule has 0 rings (SSSR count). The van der Waals surface area contributed by atoms with Crippen LogP contribution in [0.25, 0.3) is 0 Å². The monoisotopic (exact) mass is 1540 g/mol. The topological polar surface area (TPSA) is 237 Å².